The van der Waals surface area contributed by atoms with Gasteiger partial charge in [0.2, 0.25) is 0 Å². The van der Waals surface area contributed by atoms with Crippen LogP contribution in [0, 0.1) is 0 Å². The van der Waals surface area contributed by atoms with Crippen molar-refractivity contribution in [1.82, 2.24) is 15.4 Å². The number of rotatable bonds is 7. The van der Waals surface area contributed by atoms with E-state index in [1.54, 1.807) is 18.2 Å². The first-order valence-electron chi connectivity index (χ1n) is 7.92. The third kappa shape index (κ3) is 4.01. The number of nitrogen functional groups attached to an aromatic ring is 1. The van der Waals surface area contributed by atoms with E-state index in [4.69, 9.17) is 31.2 Å². The number of hydrogen-bond donors (Lipinski definition) is 4. The van der Waals surface area contributed by atoms with Crippen LogP contribution in [0.1, 0.15) is 10.6 Å². The van der Waals surface area contributed by atoms with Gasteiger partial charge >= 0.3 is 5.91 Å². The molecular weight excluding hydrogens is 388 g/mol. The first-order valence-corrected chi connectivity index (χ1v) is 8.30. The van der Waals surface area contributed by atoms with Gasteiger partial charge in [0.1, 0.15) is 23.5 Å². The topological polar surface area (TPSA) is 137 Å². The van der Waals surface area contributed by atoms with Gasteiger partial charge < -0.3 is 24.9 Å². The summed E-state index contributed by atoms with van der Waals surface area (Å²) in [6.07, 6.45) is 2.67. The number of benzene rings is 1. The van der Waals surface area contributed by atoms with Crippen molar-refractivity contribution < 1.29 is 18.7 Å². The van der Waals surface area contributed by atoms with Gasteiger partial charge in [-0.15, -0.1) is 0 Å². The number of anilines is 4. The second-order valence-corrected chi connectivity index (χ2v) is 5.76. The van der Waals surface area contributed by atoms with Crippen LogP contribution in [0.15, 0.2) is 41.3 Å². The summed E-state index contributed by atoms with van der Waals surface area (Å²) in [6.45, 7) is 0. The van der Waals surface area contributed by atoms with Crippen LogP contribution in [-0.2, 0) is 0 Å². The summed E-state index contributed by atoms with van der Waals surface area (Å²) in [6, 6.07) is 6.37. The van der Waals surface area contributed by atoms with Crippen LogP contribution < -0.4 is 31.4 Å². The van der Waals surface area contributed by atoms with Crippen molar-refractivity contribution in [3.8, 4) is 11.5 Å². The fourth-order valence-corrected chi connectivity index (χ4v) is 2.51. The van der Waals surface area contributed by atoms with E-state index < -0.39 is 5.91 Å². The number of ether oxygens (including phenoxy) is 2. The monoisotopic (exact) mass is 404 g/mol. The van der Waals surface area contributed by atoms with E-state index in [0.717, 1.165) is 0 Å². The van der Waals surface area contributed by atoms with Crippen LogP contribution in [0.4, 0.5) is 23.0 Å². The molecule has 146 valence electrons. The Kier molecular flexibility index (Phi) is 5.70. The van der Waals surface area contributed by atoms with E-state index in [9.17, 15) is 4.79 Å². The average molecular weight is 405 g/mol. The first-order chi connectivity index (χ1) is 13.5. The highest BCUT2D eigenvalue weighted by atomic mass is 35.5. The van der Waals surface area contributed by atoms with E-state index >= 15 is 0 Å². The molecule has 3 aromatic rings. The quantitative estimate of drug-likeness (QED) is 0.438. The number of nitrogens with two attached hydrogens (primary N) is 1. The molecule has 0 aliphatic heterocycles. The molecule has 1 amide bonds. The van der Waals surface area contributed by atoms with Crippen LogP contribution in [0.2, 0.25) is 5.02 Å². The molecule has 0 saturated heterocycles. The number of amides is 1. The maximum Gasteiger partial charge on any atom is 0.305 e. The average Bonchev–Trinajstić information content (AvgIpc) is 3.23. The molecule has 5 N–H and O–H groups in total. The Morgan fingerprint density at radius 3 is 2.61 bits per heavy atom. The lowest BCUT2D eigenvalue weighted by atomic mass is 10.2. The SMILES string of the molecule is COc1cc(OC)c(Nc2ncnc(NNC(=O)c3ccco3)c2N)cc1Cl. The molecule has 2 heterocycles. The highest BCUT2D eigenvalue weighted by molar-refractivity contribution is 6.32. The molecule has 0 spiro atoms. The first kappa shape index (κ1) is 19.1. The fraction of sp³-hybridized carbons (Fsp3) is 0.118. The summed E-state index contributed by atoms with van der Waals surface area (Å²) >= 11 is 6.18. The van der Waals surface area contributed by atoms with Crippen molar-refractivity contribution in [1.29, 1.82) is 0 Å². The number of halogens is 1. The summed E-state index contributed by atoms with van der Waals surface area (Å²) < 4.78 is 15.5. The number of nitrogens with one attached hydrogen (secondary N) is 3. The maximum atomic E-state index is 11.9. The molecule has 0 bridgehead atoms. The van der Waals surface area contributed by atoms with E-state index in [2.05, 4.69) is 26.1 Å². The lowest BCUT2D eigenvalue weighted by Crippen LogP contribution is -2.30. The highest BCUT2D eigenvalue weighted by Gasteiger charge is 2.15. The van der Waals surface area contributed by atoms with Crippen molar-refractivity contribution >= 4 is 40.5 Å². The van der Waals surface area contributed by atoms with E-state index in [1.807, 2.05) is 0 Å². The lowest BCUT2D eigenvalue weighted by Gasteiger charge is -2.16. The van der Waals surface area contributed by atoms with Crippen molar-refractivity contribution in [2.24, 2.45) is 0 Å². The second-order valence-electron chi connectivity index (χ2n) is 5.35. The third-order valence-electron chi connectivity index (χ3n) is 3.65. The van der Waals surface area contributed by atoms with Gasteiger partial charge in [-0.3, -0.25) is 15.6 Å². The van der Waals surface area contributed by atoms with Gasteiger partial charge in [-0.2, -0.15) is 0 Å². The van der Waals surface area contributed by atoms with Gasteiger partial charge in [0.25, 0.3) is 0 Å². The van der Waals surface area contributed by atoms with E-state index in [1.165, 1.54) is 32.9 Å². The molecule has 11 heteroatoms. The third-order valence-corrected chi connectivity index (χ3v) is 3.95. The predicted octanol–water partition coefficient (Wildman–Crippen LogP) is 2.82. The summed E-state index contributed by atoms with van der Waals surface area (Å²) in [7, 11) is 3.01. The molecule has 10 nitrogen and oxygen atoms in total. The number of hydrogen-bond acceptors (Lipinski definition) is 9. The fourth-order valence-electron chi connectivity index (χ4n) is 2.27. The largest absolute Gasteiger partial charge is 0.495 e. The van der Waals surface area contributed by atoms with Gasteiger partial charge in [-0.25, -0.2) is 9.97 Å². The number of carbonyl (C=O) groups excluding carboxylic acids is 1. The zero-order chi connectivity index (χ0) is 20.1. The Bertz CT molecular complexity index is 980. The molecule has 28 heavy (non-hydrogen) atoms. The Labute approximate surface area is 165 Å². The summed E-state index contributed by atoms with van der Waals surface area (Å²) in [5.41, 5.74) is 11.8. The van der Waals surface area contributed by atoms with Gasteiger partial charge in [0.05, 0.1) is 31.2 Å². The van der Waals surface area contributed by atoms with Crippen LogP contribution in [0.3, 0.4) is 0 Å². The molecule has 0 aliphatic rings. The Morgan fingerprint density at radius 1 is 1.18 bits per heavy atom. The van der Waals surface area contributed by atoms with Gasteiger partial charge in [-0.1, -0.05) is 11.6 Å². The number of furan rings is 1. The number of hydrazine groups is 1. The Balaban J connectivity index is 1.80. The number of methoxy groups -OCH3 is 2. The van der Waals surface area contributed by atoms with E-state index in [-0.39, 0.29) is 23.1 Å². The molecule has 0 unspecified atom stereocenters. The normalized spacial score (nSPS) is 10.2. The molecule has 0 aliphatic carbocycles. The molecule has 0 saturated carbocycles. The minimum atomic E-state index is -0.485. The van der Waals surface area contributed by atoms with Gasteiger partial charge in [-0.05, 0) is 18.2 Å². The lowest BCUT2D eigenvalue weighted by molar-refractivity contribution is 0.0935. The molecule has 0 radical (unpaired) electrons. The van der Waals surface area contributed by atoms with Gasteiger partial charge in [0, 0.05) is 6.07 Å². The molecule has 2 aromatic heterocycles. The number of carbonyl (C=O) groups is 1. The molecule has 0 atom stereocenters. The van der Waals surface area contributed by atoms with Crippen LogP contribution in [0.25, 0.3) is 0 Å². The minimum Gasteiger partial charge on any atom is -0.495 e. The number of nitrogens with zero attached hydrogens (tertiary/aromatic N) is 2. The van der Waals surface area contributed by atoms with Crippen molar-refractivity contribution in [2.75, 3.05) is 30.7 Å². The van der Waals surface area contributed by atoms with Crippen molar-refractivity contribution in [3.63, 3.8) is 0 Å². The van der Waals surface area contributed by atoms with Crippen LogP contribution in [-0.4, -0.2) is 30.1 Å². The predicted molar refractivity (Wildman–Crippen MR) is 104 cm³/mol. The standard InChI is InChI=1S/C17H17ClN6O4/c1-26-12-7-13(27-2)10(6-9(12)18)22-15-14(19)16(21-8-20-15)23-24-17(25)11-4-3-5-28-11/h3-8H,19H2,1-2H3,(H,24,25)(H2,20,21,22,23). The Morgan fingerprint density at radius 2 is 1.93 bits per heavy atom. The zero-order valence-electron chi connectivity index (χ0n) is 14.9. The molecule has 0 fully saturated rings. The summed E-state index contributed by atoms with van der Waals surface area (Å²) in [5, 5.41) is 3.40. The minimum absolute atomic E-state index is 0.135. The van der Waals surface area contributed by atoms with E-state index in [0.29, 0.717) is 22.2 Å². The van der Waals surface area contributed by atoms with Crippen molar-refractivity contribution in [2.45, 2.75) is 0 Å². The Hall–Kier alpha value is -3.66. The number of aromatic nitrogens is 2. The smallest absolute Gasteiger partial charge is 0.305 e. The maximum absolute atomic E-state index is 11.9. The summed E-state index contributed by atoms with van der Waals surface area (Å²) in [4.78, 5) is 20.1. The molecule has 3 rings (SSSR count). The van der Waals surface area contributed by atoms with Crippen LogP contribution >= 0.6 is 11.6 Å². The van der Waals surface area contributed by atoms with Gasteiger partial charge in [0.15, 0.2) is 17.4 Å². The van der Waals surface area contributed by atoms with Crippen LogP contribution in [0.5, 0.6) is 11.5 Å². The van der Waals surface area contributed by atoms with Crippen molar-refractivity contribution in [3.05, 3.63) is 47.6 Å². The summed E-state index contributed by atoms with van der Waals surface area (Å²) in [5.74, 6) is 1.06. The second kappa shape index (κ2) is 8.35. The zero-order valence-corrected chi connectivity index (χ0v) is 15.7. The highest BCUT2D eigenvalue weighted by Crippen LogP contribution is 2.38. The molecule has 1 aromatic carbocycles. The molecular formula is C17H17ClN6O4.